The normalized spacial score (nSPS) is 14.9. The molecule has 1 amide bonds. The number of rotatable bonds is 5. The van der Waals surface area contributed by atoms with E-state index < -0.39 is 35.5 Å². The summed E-state index contributed by atoms with van der Waals surface area (Å²) in [6.07, 6.45) is -0.975. The molecular formula is C28H32F3N5O3. The van der Waals surface area contributed by atoms with Crippen LogP contribution in [0.3, 0.4) is 0 Å². The fourth-order valence-corrected chi connectivity index (χ4v) is 4.55. The molecule has 0 bridgehead atoms. The highest BCUT2D eigenvalue weighted by Crippen LogP contribution is 2.31. The Balaban J connectivity index is 1.71. The molecule has 0 saturated carbocycles. The molecule has 4 rings (SSSR count). The van der Waals surface area contributed by atoms with Gasteiger partial charge < -0.3 is 19.5 Å². The van der Waals surface area contributed by atoms with Gasteiger partial charge in [-0.1, -0.05) is 24.3 Å². The lowest BCUT2D eigenvalue weighted by Crippen LogP contribution is -2.39. The molecule has 1 aliphatic heterocycles. The number of fused-ring (bicyclic) bond motifs is 1. The predicted octanol–water partition coefficient (Wildman–Crippen LogP) is 5.91. The lowest BCUT2D eigenvalue weighted by Gasteiger charge is -2.30. The van der Waals surface area contributed by atoms with Crippen molar-refractivity contribution in [3.63, 3.8) is 0 Å². The van der Waals surface area contributed by atoms with Crippen LogP contribution in [0, 0.1) is 12.7 Å². The molecule has 8 nitrogen and oxygen atoms in total. The van der Waals surface area contributed by atoms with Crippen LogP contribution in [-0.2, 0) is 11.8 Å². The number of ether oxygens (including phenoxy) is 1. The average molecular weight is 544 g/mol. The Morgan fingerprint density at radius 2 is 1.87 bits per heavy atom. The number of aryl methyl sites for hydroxylation is 1. The van der Waals surface area contributed by atoms with Gasteiger partial charge in [0.15, 0.2) is 0 Å². The lowest BCUT2D eigenvalue weighted by atomic mass is 10.0. The summed E-state index contributed by atoms with van der Waals surface area (Å²) < 4.78 is 48.3. The van der Waals surface area contributed by atoms with Crippen molar-refractivity contribution in [3.8, 4) is 0 Å². The second-order valence-electron chi connectivity index (χ2n) is 10.6. The van der Waals surface area contributed by atoms with Gasteiger partial charge in [-0.05, 0) is 52.7 Å². The Kier molecular flexibility index (Phi) is 7.72. The molecule has 0 spiro atoms. The summed E-state index contributed by atoms with van der Waals surface area (Å²) in [6, 6.07) is 4.92. The van der Waals surface area contributed by atoms with Crippen LogP contribution >= 0.6 is 0 Å². The van der Waals surface area contributed by atoms with Gasteiger partial charge in [-0.2, -0.15) is 0 Å². The Morgan fingerprint density at radius 1 is 1.18 bits per heavy atom. The van der Waals surface area contributed by atoms with Crippen LogP contribution in [0.5, 0.6) is 0 Å². The third kappa shape index (κ3) is 5.91. The first-order chi connectivity index (χ1) is 18.3. The van der Waals surface area contributed by atoms with E-state index >= 15 is 0 Å². The highest BCUT2D eigenvalue weighted by molar-refractivity contribution is 5.91. The molecule has 208 valence electrons. The van der Waals surface area contributed by atoms with Gasteiger partial charge in [0.1, 0.15) is 28.6 Å². The number of hydrogen-bond acceptors (Lipinski definition) is 6. The third-order valence-electron chi connectivity index (χ3n) is 6.51. The lowest BCUT2D eigenvalue weighted by molar-refractivity contribution is 0.0270. The summed E-state index contributed by atoms with van der Waals surface area (Å²) >= 11 is 0. The molecule has 0 aliphatic carbocycles. The van der Waals surface area contributed by atoms with Crippen molar-refractivity contribution < 1.29 is 22.7 Å². The van der Waals surface area contributed by atoms with Gasteiger partial charge in [0.25, 0.3) is 12.0 Å². The van der Waals surface area contributed by atoms with Gasteiger partial charge >= 0.3 is 6.09 Å². The number of hydrogen-bond donors (Lipinski definition) is 1. The van der Waals surface area contributed by atoms with Crippen LogP contribution in [0.2, 0.25) is 0 Å². The van der Waals surface area contributed by atoms with E-state index in [9.17, 15) is 22.8 Å². The van der Waals surface area contributed by atoms with Gasteiger partial charge in [0.05, 0.1) is 17.0 Å². The molecule has 2 aromatic heterocycles. The maximum absolute atomic E-state index is 14.8. The second-order valence-corrected chi connectivity index (χ2v) is 10.6. The number of halogens is 3. The van der Waals surface area contributed by atoms with Crippen molar-refractivity contribution in [1.82, 2.24) is 19.4 Å². The van der Waals surface area contributed by atoms with Crippen LogP contribution < -0.4 is 10.9 Å². The summed E-state index contributed by atoms with van der Waals surface area (Å²) in [4.78, 5) is 36.2. The van der Waals surface area contributed by atoms with Crippen molar-refractivity contribution in [2.24, 2.45) is 7.05 Å². The number of benzene rings is 1. The molecule has 3 heterocycles. The number of aromatic nitrogens is 3. The van der Waals surface area contributed by atoms with E-state index in [0.29, 0.717) is 36.4 Å². The first kappa shape index (κ1) is 28.1. The molecule has 11 heteroatoms. The van der Waals surface area contributed by atoms with Crippen molar-refractivity contribution in [1.29, 1.82) is 0 Å². The van der Waals surface area contributed by atoms with E-state index in [1.54, 1.807) is 52.6 Å². The number of nitrogens with zero attached hydrogens (tertiary/aromatic N) is 4. The molecule has 0 radical (unpaired) electrons. The number of nitrogens with one attached hydrogen (secondary N) is 1. The minimum Gasteiger partial charge on any atom is -0.444 e. The highest BCUT2D eigenvalue weighted by Gasteiger charge is 2.26. The van der Waals surface area contributed by atoms with E-state index in [-0.39, 0.29) is 22.5 Å². The van der Waals surface area contributed by atoms with Gasteiger partial charge in [-0.3, -0.25) is 4.79 Å². The van der Waals surface area contributed by atoms with Crippen LogP contribution in [0.15, 0.2) is 35.1 Å². The minimum atomic E-state index is -2.94. The summed E-state index contributed by atoms with van der Waals surface area (Å²) in [5.41, 5.74) is 0.106. The summed E-state index contributed by atoms with van der Waals surface area (Å²) in [5.74, 6) is -0.368. The molecule has 39 heavy (non-hydrogen) atoms. The van der Waals surface area contributed by atoms with Crippen molar-refractivity contribution in [3.05, 3.63) is 69.2 Å². The zero-order valence-corrected chi connectivity index (χ0v) is 22.8. The molecule has 1 N–H and O–H groups in total. The van der Waals surface area contributed by atoms with E-state index in [0.717, 1.165) is 11.6 Å². The Hall–Kier alpha value is -3.89. The number of carbonyl (C=O) groups is 1. The Labute approximate surface area is 224 Å². The molecule has 1 atom stereocenters. The molecular weight excluding hydrogens is 511 g/mol. The zero-order chi connectivity index (χ0) is 28.6. The number of anilines is 1. The largest absolute Gasteiger partial charge is 0.444 e. The number of alkyl halides is 2. The molecule has 1 aliphatic rings. The summed E-state index contributed by atoms with van der Waals surface area (Å²) in [7, 11) is 1.65. The zero-order valence-electron chi connectivity index (χ0n) is 22.8. The third-order valence-corrected chi connectivity index (χ3v) is 6.51. The Morgan fingerprint density at radius 3 is 2.49 bits per heavy atom. The van der Waals surface area contributed by atoms with E-state index in [1.807, 2.05) is 6.08 Å². The summed E-state index contributed by atoms with van der Waals surface area (Å²) in [6.45, 7) is 9.43. The van der Waals surface area contributed by atoms with E-state index in [4.69, 9.17) is 4.74 Å². The molecule has 1 aromatic carbocycles. The number of amides is 1. The predicted molar refractivity (Wildman–Crippen MR) is 143 cm³/mol. The minimum absolute atomic E-state index is 0.0542. The van der Waals surface area contributed by atoms with E-state index in [1.165, 1.54) is 16.7 Å². The van der Waals surface area contributed by atoms with Gasteiger partial charge in [0.2, 0.25) is 0 Å². The quantitative estimate of drug-likeness (QED) is 0.430. The fraction of sp³-hybridized carbons (Fsp3) is 0.429. The molecule has 0 fully saturated rings. The van der Waals surface area contributed by atoms with Crippen molar-refractivity contribution in [2.75, 3.05) is 18.4 Å². The summed E-state index contributed by atoms with van der Waals surface area (Å²) in [5, 5.41) is 3.52. The first-order valence-electron chi connectivity index (χ1n) is 12.7. The molecule has 0 saturated heterocycles. The second kappa shape index (κ2) is 10.7. The Bertz CT molecular complexity index is 1510. The maximum Gasteiger partial charge on any atom is 0.410 e. The van der Waals surface area contributed by atoms with Crippen molar-refractivity contribution >= 4 is 28.4 Å². The maximum atomic E-state index is 14.8. The van der Waals surface area contributed by atoms with E-state index in [2.05, 4.69) is 15.3 Å². The van der Waals surface area contributed by atoms with Crippen LogP contribution in [0.1, 0.15) is 69.2 Å². The van der Waals surface area contributed by atoms with Crippen LogP contribution in [-0.4, -0.2) is 44.2 Å². The number of pyridine rings is 1. The smallest absolute Gasteiger partial charge is 0.410 e. The van der Waals surface area contributed by atoms with Crippen molar-refractivity contribution in [2.45, 2.75) is 59.1 Å². The molecule has 0 unspecified atom stereocenters. The average Bonchev–Trinajstić information content (AvgIpc) is 2.85. The van der Waals surface area contributed by atoms with Crippen LogP contribution in [0.4, 0.5) is 23.8 Å². The first-order valence-corrected chi connectivity index (χ1v) is 12.7. The topological polar surface area (TPSA) is 89.4 Å². The monoisotopic (exact) mass is 543 g/mol. The highest BCUT2D eigenvalue weighted by atomic mass is 19.3. The number of carbonyl (C=O) groups excluding carboxylic acids is 1. The standard InChI is InChI=1S/C28H32F3N5O3/c1-15(18-8-7-9-19(22(18)29)24(30)31)32-25-20-14-21(35(6)26(37)23(20)33-16(2)34-25)17-10-12-36(13-11-17)27(38)39-28(3,4)5/h7-10,14-15,24H,11-13H2,1-6H3,(H,32,33,34)/t15-/m1/s1. The molecule has 3 aromatic rings. The van der Waals surface area contributed by atoms with Crippen LogP contribution in [0.25, 0.3) is 16.5 Å². The van der Waals surface area contributed by atoms with Gasteiger partial charge in [-0.15, -0.1) is 0 Å². The SMILES string of the molecule is Cc1nc(N[C@H](C)c2cccc(C(F)F)c2F)c2cc(C3=CCN(C(=O)OC(C)(C)C)CC3)n(C)c(=O)c2n1. The van der Waals surface area contributed by atoms with Gasteiger partial charge in [0, 0.05) is 31.4 Å². The van der Waals surface area contributed by atoms with Gasteiger partial charge in [-0.25, -0.2) is 27.9 Å². The fourth-order valence-electron chi connectivity index (χ4n) is 4.55.